The first-order valence-electron chi connectivity index (χ1n) is 46.4. The third-order valence-corrected chi connectivity index (χ3v) is 22.6. The number of amides is 4. The van der Waals surface area contributed by atoms with E-state index in [-0.39, 0.29) is 139 Å². The van der Waals surface area contributed by atoms with Gasteiger partial charge in [0.1, 0.15) is 12.2 Å². The quantitative estimate of drug-likeness (QED) is 0.00922. The molecule has 1 rings (SSSR count). The number of phosphoric ester groups is 2. The Morgan fingerprint density at radius 3 is 0.992 bits per heavy atom. The number of rotatable bonds is 84. The number of phosphoric acid groups is 2. The summed E-state index contributed by atoms with van der Waals surface area (Å²) in [5.41, 5.74) is 0. The van der Waals surface area contributed by atoms with E-state index in [0.717, 1.165) is 167 Å². The Bertz CT molecular complexity index is 2490. The average Bonchev–Trinajstić information content (AvgIpc) is 1.66. The van der Waals surface area contributed by atoms with Gasteiger partial charge in [0, 0.05) is 39.1 Å². The maximum Gasteiger partial charge on any atom is 1.00 e. The second kappa shape index (κ2) is 80.8. The Labute approximate surface area is 767 Å². The van der Waals surface area contributed by atoms with Gasteiger partial charge in [0.05, 0.1) is 76.8 Å². The molecule has 1 saturated heterocycles. The minimum absolute atomic E-state index is 0. The molecular weight excluding hydrogens is 1580 g/mol. The zero-order chi connectivity index (χ0) is 86.2. The molecule has 1 heterocycles. The molecule has 0 aromatic rings. The number of nitrogens with one attached hydrogen (secondary N) is 4. The van der Waals surface area contributed by atoms with Crippen molar-refractivity contribution in [2.75, 3.05) is 65.9 Å². The SMILES string of the molecule is CCCCCC/C=C/CCCC(=O)O[C@H](CCCCCCCCCCC)CC(=O)NC(COCC[C@H](O)CCCCCCC)COP(=O)(O)OCCNC(=O)[C@H]1OC(C)(C)O[C@H]1C(=O)NCCOP(=O)(O)OCC(COCC[C@H](O)CCCCCCC)NC(=O)C[C@@H](CCCCCCCCCCC)OC(=O)CCC/C=C/CCCCCC.[H-].[H-].[Na+].[Na+]. The van der Waals surface area contributed by atoms with E-state index in [0.29, 0.717) is 51.4 Å². The van der Waals surface area contributed by atoms with Crippen LogP contribution in [0.25, 0.3) is 0 Å². The van der Waals surface area contributed by atoms with Crippen LogP contribution in [0.1, 0.15) is 392 Å². The molecule has 0 aromatic carbocycles. The maximum absolute atomic E-state index is 13.9. The molecule has 1 fully saturated rings. The van der Waals surface area contributed by atoms with Gasteiger partial charge < -0.3 is 72.5 Å². The van der Waals surface area contributed by atoms with Crippen LogP contribution in [0.5, 0.6) is 0 Å². The largest absolute Gasteiger partial charge is 1.00 e. The van der Waals surface area contributed by atoms with E-state index < -0.39 is 120 Å². The van der Waals surface area contributed by atoms with Crippen LogP contribution in [0.4, 0.5) is 0 Å². The molecule has 0 bridgehead atoms. The Morgan fingerprint density at radius 2 is 0.672 bits per heavy atom. The number of carbonyl (C=O) groups is 6. The topological polar surface area (TPSA) is 358 Å². The molecule has 0 saturated carbocycles. The average molecular weight is 1760 g/mol. The van der Waals surface area contributed by atoms with Crippen molar-refractivity contribution in [1.82, 2.24) is 21.3 Å². The van der Waals surface area contributed by atoms with Crippen molar-refractivity contribution in [1.29, 1.82) is 0 Å². The van der Waals surface area contributed by atoms with Crippen LogP contribution in [0.15, 0.2) is 24.3 Å². The maximum atomic E-state index is 13.9. The van der Waals surface area contributed by atoms with Crippen molar-refractivity contribution < 1.29 is 166 Å². The fourth-order valence-corrected chi connectivity index (χ4v) is 15.2. The van der Waals surface area contributed by atoms with Gasteiger partial charge in [-0.25, -0.2) is 9.13 Å². The first-order chi connectivity index (χ1) is 56.4. The van der Waals surface area contributed by atoms with Crippen LogP contribution in [-0.4, -0.2) is 176 Å². The van der Waals surface area contributed by atoms with Crippen molar-refractivity contribution in [3.63, 3.8) is 0 Å². The minimum atomic E-state index is -4.88. The smallest absolute Gasteiger partial charge is 1.00 e. The van der Waals surface area contributed by atoms with E-state index >= 15 is 0 Å². The summed E-state index contributed by atoms with van der Waals surface area (Å²) in [6.45, 7) is 13.0. The van der Waals surface area contributed by atoms with E-state index in [1.807, 2.05) is 0 Å². The van der Waals surface area contributed by atoms with Crippen molar-refractivity contribution in [3.8, 4) is 0 Å². The van der Waals surface area contributed by atoms with Gasteiger partial charge >= 0.3 is 86.7 Å². The van der Waals surface area contributed by atoms with E-state index in [1.165, 1.54) is 104 Å². The van der Waals surface area contributed by atoms with Crippen LogP contribution in [0.3, 0.4) is 0 Å². The van der Waals surface area contributed by atoms with E-state index in [9.17, 15) is 57.9 Å². The van der Waals surface area contributed by atoms with Gasteiger partial charge in [-0.1, -0.05) is 271 Å². The summed E-state index contributed by atoms with van der Waals surface area (Å²) in [7, 11) is -9.77. The standard InChI is InChI=1S/C89H168N4O22P2.2Na.2H/c1-9-15-21-27-31-35-39-45-51-57-79(112-83(98)59-53-47-41-37-33-29-23-17-11-3)69-81(96)92-75(71-106-65-61-77(94)55-49-43-25-19-13-5)73-110-116(102,103)108-67-63-90-87(100)85-86(115-89(7,8)114-85)88(101)91-64-68-109-117(104,105)111-74-76(72-107-66-62-78(95)56-50-44-26-20-14-6)93-82(97)70-80(58-52-46-40-36-32-28-22-16-10-2)113-84(99)60-54-48-42-38-34-30-24-18-12-4;;;;/h37-38,41-42,75-80,85-86,94-95H,9-36,39-40,43-74H2,1-8H3,(H,90,100)(H,91,101)(H,92,96)(H,93,97)(H,102,103)(H,104,105);;;;/q;2*+1;2*-1/b41-37+,42-38+;;;;/t75?,76?,77-,78-,79-,80-,85-,86+;;;;/m1..../s1. The number of allylic oxidation sites excluding steroid dienone is 4. The van der Waals surface area contributed by atoms with Crippen LogP contribution >= 0.6 is 15.6 Å². The predicted molar refractivity (Wildman–Crippen MR) is 465 cm³/mol. The van der Waals surface area contributed by atoms with Gasteiger partial charge in [-0.05, 0) is 117 Å². The summed E-state index contributed by atoms with van der Waals surface area (Å²) in [5.74, 6) is -4.88. The van der Waals surface area contributed by atoms with Gasteiger partial charge in [-0.2, -0.15) is 0 Å². The van der Waals surface area contributed by atoms with E-state index in [4.69, 9.17) is 46.5 Å². The van der Waals surface area contributed by atoms with Gasteiger partial charge in [0.2, 0.25) is 11.8 Å². The Kier molecular flexibility index (Phi) is 81.0. The number of aliphatic hydroxyl groups is 2. The summed E-state index contributed by atoms with van der Waals surface area (Å²) in [6.07, 6.45) is 50.1. The Morgan fingerprint density at radius 1 is 0.387 bits per heavy atom. The fourth-order valence-electron chi connectivity index (χ4n) is 13.7. The number of carbonyl (C=O) groups excluding carboxylic acids is 6. The number of esters is 2. The molecule has 0 radical (unpaired) electrons. The third kappa shape index (κ3) is 73.0. The van der Waals surface area contributed by atoms with Crippen molar-refractivity contribution >= 4 is 51.2 Å². The Hall–Kier alpha value is -1.72. The summed E-state index contributed by atoms with van der Waals surface area (Å²) in [6, 6.07) is -1.97. The van der Waals surface area contributed by atoms with Crippen LogP contribution in [-0.2, 0) is 84.4 Å². The van der Waals surface area contributed by atoms with Crippen molar-refractivity contribution in [2.24, 2.45) is 0 Å². The normalized spacial score (nSPS) is 16.5. The van der Waals surface area contributed by atoms with Gasteiger partial charge in [0.15, 0.2) is 18.0 Å². The third-order valence-electron chi connectivity index (χ3n) is 20.6. The zero-order valence-electron chi connectivity index (χ0n) is 78.3. The van der Waals surface area contributed by atoms with Crippen LogP contribution in [0, 0.1) is 0 Å². The molecule has 1 aliphatic heterocycles. The predicted octanol–water partition coefficient (Wildman–Crippen LogP) is 13.3. The molecule has 30 heteroatoms. The second-order valence-electron chi connectivity index (χ2n) is 32.5. The molecule has 0 aliphatic carbocycles. The molecule has 4 amide bonds. The van der Waals surface area contributed by atoms with Crippen LogP contribution < -0.4 is 80.4 Å². The first kappa shape index (κ1) is 119. The summed E-state index contributed by atoms with van der Waals surface area (Å²) >= 11 is 0. The number of hydrogen-bond donors (Lipinski definition) is 8. The molecule has 1 aliphatic rings. The molecule has 10 atom stereocenters. The molecule has 4 unspecified atom stereocenters. The molecule has 119 heavy (non-hydrogen) atoms. The van der Waals surface area contributed by atoms with E-state index in [1.54, 1.807) is 0 Å². The molecule has 8 N–H and O–H groups in total. The molecule has 26 nitrogen and oxygen atoms in total. The van der Waals surface area contributed by atoms with Gasteiger partial charge in [0.25, 0.3) is 11.8 Å². The minimum Gasteiger partial charge on any atom is -1.00 e. The number of unbranched alkanes of at least 4 members (excludes halogenated alkanes) is 34. The zero-order valence-corrected chi connectivity index (χ0v) is 82.1. The molecule has 690 valence electrons. The molecular formula is C89H170N4Na2O22P2. The van der Waals surface area contributed by atoms with Crippen LogP contribution in [0.2, 0.25) is 0 Å². The summed E-state index contributed by atoms with van der Waals surface area (Å²) in [5, 5.41) is 32.1. The fraction of sp³-hybridized carbons (Fsp3) is 0.888. The summed E-state index contributed by atoms with van der Waals surface area (Å²) < 4.78 is 83.5. The van der Waals surface area contributed by atoms with Gasteiger partial charge in [-0.3, -0.25) is 46.9 Å². The second-order valence-corrected chi connectivity index (χ2v) is 35.4. The van der Waals surface area contributed by atoms with E-state index in [2.05, 4.69) is 87.1 Å². The monoisotopic (exact) mass is 1760 g/mol. The van der Waals surface area contributed by atoms with Crippen molar-refractivity contribution in [2.45, 2.75) is 444 Å². The number of ether oxygens (including phenoxy) is 6. The van der Waals surface area contributed by atoms with Crippen molar-refractivity contribution in [3.05, 3.63) is 24.3 Å². The molecule has 0 aromatic heterocycles. The number of aliphatic hydroxyl groups excluding tert-OH is 2. The first-order valence-corrected chi connectivity index (χ1v) is 49.3. The molecule has 0 spiro atoms. The summed E-state index contributed by atoms with van der Waals surface area (Å²) in [4.78, 5) is 103. The number of hydrogen-bond acceptors (Lipinski definition) is 20. The Balaban J connectivity index is -0.0000171. The van der Waals surface area contributed by atoms with Gasteiger partial charge in [-0.15, -0.1) is 0 Å².